The third-order valence-corrected chi connectivity index (χ3v) is 5.16. The molecule has 0 saturated carbocycles. The number of methoxy groups -OCH3 is 1. The van der Waals surface area contributed by atoms with Crippen LogP contribution in [0.15, 0.2) is 42.5 Å². The lowest BCUT2D eigenvalue weighted by Crippen LogP contribution is -2.44. The number of benzene rings is 2. The van der Waals surface area contributed by atoms with Crippen LogP contribution in [0.2, 0.25) is 0 Å². The number of likely N-dealkylation sites (N-methyl/N-ethyl adjacent to an activating group) is 1. The third-order valence-electron chi connectivity index (χ3n) is 5.16. The van der Waals surface area contributed by atoms with Gasteiger partial charge in [-0.15, -0.1) is 0 Å². The molecule has 1 saturated heterocycles. The summed E-state index contributed by atoms with van der Waals surface area (Å²) in [5.41, 5.74) is 3.22. The second-order valence-corrected chi connectivity index (χ2v) is 7.37. The van der Waals surface area contributed by atoms with E-state index < -0.39 is 6.61 Å². The molecule has 166 valence electrons. The van der Waals surface area contributed by atoms with Gasteiger partial charge in [0, 0.05) is 49.2 Å². The molecular formula is C23H27F2N3O3. The van der Waals surface area contributed by atoms with Crippen LogP contribution in [0.25, 0.3) is 6.08 Å². The Bertz CT molecular complexity index is 942. The molecule has 1 aliphatic heterocycles. The number of piperazine rings is 1. The van der Waals surface area contributed by atoms with Gasteiger partial charge in [0.25, 0.3) is 0 Å². The van der Waals surface area contributed by atoms with Gasteiger partial charge in [-0.1, -0.05) is 12.1 Å². The molecule has 6 nitrogen and oxygen atoms in total. The number of carbonyl (C=O) groups is 1. The minimum atomic E-state index is -3.00. The third kappa shape index (κ3) is 5.95. The molecule has 3 rings (SSSR count). The van der Waals surface area contributed by atoms with Gasteiger partial charge < -0.3 is 24.6 Å². The lowest BCUT2D eigenvalue weighted by atomic mass is 10.1. The molecular weight excluding hydrogens is 404 g/mol. The first kappa shape index (κ1) is 22.6. The van der Waals surface area contributed by atoms with E-state index in [4.69, 9.17) is 4.74 Å². The van der Waals surface area contributed by atoms with Gasteiger partial charge in [0.2, 0.25) is 5.91 Å². The van der Waals surface area contributed by atoms with Crippen LogP contribution >= 0.6 is 0 Å². The Balaban J connectivity index is 1.68. The molecule has 0 atom stereocenters. The van der Waals surface area contributed by atoms with Gasteiger partial charge in [-0.2, -0.15) is 8.78 Å². The molecule has 0 bridgehead atoms. The maximum atomic E-state index is 12.7. The maximum absolute atomic E-state index is 12.7. The van der Waals surface area contributed by atoms with E-state index in [0.29, 0.717) is 11.3 Å². The lowest BCUT2D eigenvalue weighted by molar-refractivity contribution is -0.111. The quantitative estimate of drug-likeness (QED) is 0.672. The number of para-hydroxylation sites is 1. The summed E-state index contributed by atoms with van der Waals surface area (Å²) in [7, 11) is 3.48. The van der Waals surface area contributed by atoms with Crippen LogP contribution in [0.1, 0.15) is 11.1 Å². The van der Waals surface area contributed by atoms with Crippen molar-refractivity contribution in [3.05, 3.63) is 53.6 Å². The van der Waals surface area contributed by atoms with Crippen LogP contribution in [0.3, 0.4) is 0 Å². The van der Waals surface area contributed by atoms with E-state index in [1.807, 2.05) is 25.1 Å². The summed E-state index contributed by atoms with van der Waals surface area (Å²) in [6.45, 7) is 2.99. The van der Waals surface area contributed by atoms with Crippen molar-refractivity contribution in [2.45, 2.75) is 13.5 Å². The van der Waals surface area contributed by atoms with E-state index in [1.165, 1.54) is 25.3 Å². The fourth-order valence-corrected chi connectivity index (χ4v) is 3.52. The Morgan fingerprint density at radius 3 is 2.55 bits per heavy atom. The highest BCUT2D eigenvalue weighted by Crippen LogP contribution is 2.33. The molecule has 2 aromatic rings. The largest absolute Gasteiger partial charge is 0.493 e. The Morgan fingerprint density at radius 1 is 1.16 bits per heavy atom. The SMILES string of the molecule is COc1cccc(/C=C/C(=O)Nc2ccc(N3CCN(C)CC3)c(C)c2)c1OC(F)F. The number of amides is 1. The van der Waals surface area contributed by atoms with E-state index >= 15 is 0 Å². The van der Waals surface area contributed by atoms with Crippen molar-refractivity contribution in [1.29, 1.82) is 0 Å². The number of anilines is 2. The van der Waals surface area contributed by atoms with Crippen LogP contribution in [-0.4, -0.2) is 57.8 Å². The molecule has 1 fully saturated rings. The molecule has 31 heavy (non-hydrogen) atoms. The van der Waals surface area contributed by atoms with Crippen molar-refractivity contribution in [3.63, 3.8) is 0 Å². The summed E-state index contributed by atoms with van der Waals surface area (Å²) in [5.74, 6) is -0.327. The number of hydrogen-bond donors (Lipinski definition) is 1. The van der Waals surface area contributed by atoms with E-state index in [2.05, 4.69) is 26.9 Å². The monoisotopic (exact) mass is 431 g/mol. The van der Waals surface area contributed by atoms with Crippen LogP contribution < -0.4 is 19.7 Å². The molecule has 0 unspecified atom stereocenters. The smallest absolute Gasteiger partial charge is 0.387 e. The zero-order chi connectivity index (χ0) is 22.4. The van der Waals surface area contributed by atoms with Crippen molar-refractivity contribution in [2.75, 3.05) is 50.6 Å². The number of rotatable bonds is 7. The van der Waals surface area contributed by atoms with E-state index in [9.17, 15) is 13.6 Å². The van der Waals surface area contributed by atoms with Crippen molar-refractivity contribution < 1.29 is 23.0 Å². The molecule has 0 aliphatic carbocycles. The first-order chi connectivity index (χ1) is 14.9. The summed E-state index contributed by atoms with van der Waals surface area (Å²) in [5, 5.41) is 2.81. The average Bonchev–Trinajstić information content (AvgIpc) is 2.73. The zero-order valence-electron chi connectivity index (χ0n) is 17.9. The van der Waals surface area contributed by atoms with Gasteiger partial charge in [-0.3, -0.25) is 4.79 Å². The van der Waals surface area contributed by atoms with Gasteiger partial charge in [0.05, 0.1) is 7.11 Å². The number of aryl methyl sites for hydroxylation is 1. The second-order valence-electron chi connectivity index (χ2n) is 7.37. The van der Waals surface area contributed by atoms with Gasteiger partial charge in [-0.25, -0.2) is 0 Å². The fraction of sp³-hybridized carbons (Fsp3) is 0.348. The lowest BCUT2D eigenvalue weighted by Gasteiger charge is -2.35. The molecule has 1 heterocycles. The summed E-state index contributed by atoms with van der Waals surface area (Å²) in [4.78, 5) is 17.0. The van der Waals surface area contributed by atoms with Crippen LogP contribution in [0, 0.1) is 6.92 Å². The average molecular weight is 431 g/mol. The first-order valence-electron chi connectivity index (χ1n) is 10.0. The number of ether oxygens (including phenoxy) is 2. The van der Waals surface area contributed by atoms with E-state index in [1.54, 1.807) is 12.1 Å². The number of halogens is 2. The molecule has 2 aromatic carbocycles. The minimum absolute atomic E-state index is 0.114. The highest BCUT2D eigenvalue weighted by atomic mass is 19.3. The van der Waals surface area contributed by atoms with Gasteiger partial charge >= 0.3 is 6.61 Å². The Morgan fingerprint density at radius 2 is 1.90 bits per heavy atom. The van der Waals surface area contributed by atoms with Crippen LogP contribution in [-0.2, 0) is 4.79 Å². The molecule has 0 aromatic heterocycles. The van der Waals surface area contributed by atoms with Crippen molar-refractivity contribution >= 4 is 23.4 Å². The molecule has 1 amide bonds. The molecule has 1 N–H and O–H groups in total. The standard InChI is InChI=1S/C23H27F2N3O3/c1-16-15-18(8-9-19(16)28-13-11-27(2)12-14-28)26-21(29)10-7-17-5-4-6-20(30-3)22(17)31-23(24)25/h4-10,15,23H,11-14H2,1-3H3,(H,26,29)/b10-7+. The molecule has 8 heteroatoms. The van der Waals surface area contributed by atoms with E-state index in [-0.39, 0.29) is 17.4 Å². The Kier molecular flexibility index (Phi) is 7.46. The highest BCUT2D eigenvalue weighted by molar-refractivity contribution is 6.02. The minimum Gasteiger partial charge on any atom is -0.493 e. The van der Waals surface area contributed by atoms with Crippen molar-refractivity contribution in [2.24, 2.45) is 0 Å². The zero-order valence-corrected chi connectivity index (χ0v) is 17.9. The summed E-state index contributed by atoms with van der Waals surface area (Å²) < 4.78 is 35.1. The van der Waals surface area contributed by atoms with E-state index in [0.717, 1.165) is 37.4 Å². The summed E-state index contributed by atoms with van der Waals surface area (Å²) >= 11 is 0. The summed E-state index contributed by atoms with van der Waals surface area (Å²) in [6.07, 6.45) is 2.69. The predicted octanol–water partition coefficient (Wildman–Crippen LogP) is 4.01. The molecule has 1 aliphatic rings. The number of nitrogens with zero attached hydrogens (tertiary/aromatic N) is 2. The normalized spacial score (nSPS) is 14.8. The van der Waals surface area contributed by atoms with Crippen molar-refractivity contribution in [1.82, 2.24) is 4.90 Å². The summed E-state index contributed by atoms with van der Waals surface area (Å²) in [6, 6.07) is 10.5. The second kappa shape index (κ2) is 10.3. The van der Waals surface area contributed by atoms with Gasteiger partial charge in [-0.05, 0) is 49.9 Å². The van der Waals surface area contributed by atoms with Crippen molar-refractivity contribution in [3.8, 4) is 11.5 Å². The van der Waals surface area contributed by atoms with Gasteiger partial charge in [0.1, 0.15) is 0 Å². The molecule has 0 radical (unpaired) electrons. The van der Waals surface area contributed by atoms with Crippen LogP contribution in [0.4, 0.5) is 20.2 Å². The molecule has 0 spiro atoms. The fourth-order valence-electron chi connectivity index (χ4n) is 3.52. The topological polar surface area (TPSA) is 54.0 Å². The number of hydrogen-bond acceptors (Lipinski definition) is 5. The first-order valence-corrected chi connectivity index (χ1v) is 10.0. The maximum Gasteiger partial charge on any atom is 0.387 e. The Labute approximate surface area is 181 Å². The number of carbonyl (C=O) groups excluding carboxylic acids is 1. The predicted molar refractivity (Wildman–Crippen MR) is 118 cm³/mol. The Hall–Kier alpha value is -3.13. The number of alkyl halides is 2. The van der Waals surface area contributed by atoms with Gasteiger partial charge in [0.15, 0.2) is 11.5 Å². The number of nitrogens with one attached hydrogen (secondary N) is 1. The van der Waals surface area contributed by atoms with Crippen LogP contribution in [0.5, 0.6) is 11.5 Å². The highest BCUT2D eigenvalue weighted by Gasteiger charge is 2.16.